The zero-order chi connectivity index (χ0) is 16.6. The van der Waals surface area contributed by atoms with Crippen LogP contribution >= 0.6 is 47.0 Å². The van der Waals surface area contributed by atoms with Crippen LogP contribution in [0.25, 0.3) is 0 Å². The second-order valence-corrected chi connectivity index (χ2v) is 10.8. The molecule has 0 radical (unpaired) electrons. The maximum absolute atomic E-state index is 2.40. The predicted molar refractivity (Wildman–Crippen MR) is 113 cm³/mol. The molecule has 0 saturated heterocycles. The Morgan fingerprint density at radius 3 is 1.80 bits per heavy atom. The van der Waals surface area contributed by atoms with Crippen molar-refractivity contribution in [2.45, 2.75) is 24.2 Å². The molecule has 0 unspecified atom stereocenters. The minimum Gasteiger partial charge on any atom is -0.105 e. The van der Waals surface area contributed by atoms with Crippen molar-refractivity contribution in [3.63, 3.8) is 0 Å². The van der Waals surface area contributed by atoms with E-state index in [0.29, 0.717) is 4.58 Å². The minimum absolute atomic E-state index is 0.414. The summed E-state index contributed by atoms with van der Waals surface area (Å²) in [6, 6.07) is 17.4. The molecule has 4 heteroatoms. The fourth-order valence-corrected chi connectivity index (χ4v) is 8.22. The first-order valence-electron chi connectivity index (χ1n) is 8.04. The van der Waals surface area contributed by atoms with Gasteiger partial charge in [-0.05, 0) is 41.5 Å². The summed E-state index contributed by atoms with van der Waals surface area (Å²) in [5, 5.41) is 0. The molecule has 0 amide bonds. The molecule has 3 aliphatic rings. The van der Waals surface area contributed by atoms with Gasteiger partial charge in [-0.3, -0.25) is 0 Å². The zero-order valence-corrected chi connectivity index (χ0v) is 16.5. The van der Waals surface area contributed by atoms with Crippen LogP contribution in [0, 0.1) is 0 Å². The number of thioether (sulfide) groups is 4. The summed E-state index contributed by atoms with van der Waals surface area (Å²) in [5.74, 6) is 0. The Balaban J connectivity index is 1.50. The van der Waals surface area contributed by atoms with E-state index >= 15 is 0 Å². The van der Waals surface area contributed by atoms with E-state index in [0.717, 1.165) is 0 Å². The monoisotopic (exact) mass is 394 g/mol. The first-order chi connectivity index (χ1) is 12.4. The third kappa shape index (κ3) is 3.17. The molecule has 0 spiro atoms. The van der Waals surface area contributed by atoms with Crippen LogP contribution in [-0.2, 0) is 0 Å². The van der Waals surface area contributed by atoms with Crippen LogP contribution in [0.2, 0.25) is 0 Å². The van der Waals surface area contributed by atoms with Crippen molar-refractivity contribution < 1.29 is 0 Å². The molecule has 0 N–H and O–H groups in total. The van der Waals surface area contributed by atoms with Crippen LogP contribution in [-0.4, -0.2) is 4.58 Å². The largest absolute Gasteiger partial charge is 0.105 e. The van der Waals surface area contributed by atoms with E-state index in [9.17, 15) is 0 Å². The third-order valence-electron chi connectivity index (χ3n) is 4.11. The van der Waals surface area contributed by atoms with Crippen molar-refractivity contribution in [1.29, 1.82) is 0 Å². The molecule has 2 aliphatic heterocycles. The van der Waals surface area contributed by atoms with Gasteiger partial charge in [-0.1, -0.05) is 72.1 Å². The first kappa shape index (κ1) is 16.0. The fourth-order valence-electron chi connectivity index (χ4n) is 2.92. The van der Waals surface area contributed by atoms with Crippen LogP contribution < -0.4 is 0 Å². The molecule has 0 aromatic heterocycles. The summed E-state index contributed by atoms with van der Waals surface area (Å²) in [4.78, 5) is 5.54. The molecule has 2 heterocycles. The van der Waals surface area contributed by atoms with Crippen LogP contribution in [0.3, 0.4) is 0 Å². The Hall–Kier alpha value is -1.20. The van der Waals surface area contributed by atoms with Gasteiger partial charge in [-0.15, -0.1) is 23.5 Å². The molecular formula is C21H14S4. The third-order valence-corrected chi connectivity index (χ3v) is 9.39. The number of rotatable bonds is 2. The molecule has 0 atom stereocenters. The van der Waals surface area contributed by atoms with E-state index in [2.05, 4.69) is 78.9 Å². The quantitative estimate of drug-likeness (QED) is 0.521. The van der Waals surface area contributed by atoms with E-state index in [1.807, 2.05) is 47.0 Å². The van der Waals surface area contributed by atoms with Gasteiger partial charge < -0.3 is 0 Å². The summed E-state index contributed by atoms with van der Waals surface area (Å²) >= 11 is 7.72. The van der Waals surface area contributed by atoms with Crippen LogP contribution in [0.1, 0.15) is 0 Å². The molecular weight excluding hydrogens is 380 g/mol. The molecule has 0 bridgehead atoms. The number of benzene rings is 2. The molecule has 1 aliphatic carbocycles. The lowest BCUT2D eigenvalue weighted by molar-refractivity contribution is 1.27. The lowest BCUT2D eigenvalue weighted by Gasteiger charge is -2.13. The van der Waals surface area contributed by atoms with Crippen molar-refractivity contribution >= 4 is 47.0 Å². The normalized spacial score (nSPS) is 17.9. The van der Waals surface area contributed by atoms with Crippen molar-refractivity contribution in [3.05, 3.63) is 94.3 Å². The van der Waals surface area contributed by atoms with Gasteiger partial charge in [-0.2, -0.15) is 0 Å². The molecule has 0 saturated carbocycles. The highest BCUT2D eigenvalue weighted by atomic mass is 32.2. The first-order valence-corrected chi connectivity index (χ1v) is 11.4. The van der Waals surface area contributed by atoms with Crippen LogP contribution in [0.4, 0.5) is 0 Å². The highest BCUT2D eigenvalue weighted by Gasteiger charge is 2.28. The summed E-state index contributed by atoms with van der Waals surface area (Å²) in [5.41, 5.74) is 2.75. The molecule has 2 aromatic carbocycles. The maximum Gasteiger partial charge on any atom is 0.0852 e. The maximum atomic E-state index is 2.40. The van der Waals surface area contributed by atoms with E-state index in [-0.39, 0.29) is 0 Å². The molecule has 0 fully saturated rings. The lowest BCUT2D eigenvalue weighted by atomic mass is 10.1. The van der Waals surface area contributed by atoms with Crippen LogP contribution in [0.15, 0.2) is 114 Å². The van der Waals surface area contributed by atoms with E-state index < -0.39 is 0 Å². The average Bonchev–Trinajstić information content (AvgIpc) is 3.37. The summed E-state index contributed by atoms with van der Waals surface area (Å²) < 4.78 is 1.78. The lowest BCUT2D eigenvalue weighted by Crippen LogP contribution is -1.98. The Morgan fingerprint density at radius 1 is 0.720 bits per heavy atom. The molecule has 122 valence electrons. The molecule has 5 rings (SSSR count). The number of hydrogen-bond acceptors (Lipinski definition) is 4. The van der Waals surface area contributed by atoms with Gasteiger partial charge in [0.25, 0.3) is 0 Å². The van der Waals surface area contributed by atoms with Crippen LogP contribution in [0.5, 0.6) is 0 Å². The minimum atomic E-state index is 0.414. The second-order valence-electron chi connectivity index (χ2n) is 5.76. The second kappa shape index (κ2) is 6.84. The SMILES string of the molecule is C1=CC(=C(C=C2Sc3ccccc3S2)C2Sc3ccccc3S2)C=C1. The number of fused-ring (bicyclic) bond motifs is 2. The molecule has 0 nitrogen and oxygen atoms in total. The Bertz CT molecular complexity index is 899. The van der Waals surface area contributed by atoms with Gasteiger partial charge in [0.05, 0.1) is 8.82 Å². The van der Waals surface area contributed by atoms with Gasteiger partial charge in [0, 0.05) is 19.6 Å². The van der Waals surface area contributed by atoms with Crippen molar-refractivity contribution in [1.82, 2.24) is 0 Å². The Labute approximate surface area is 164 Å². The fraction of sp³-hybridized carbons (Fsp3) is 0.0476. The smallest absolute Gasteiger partial charge is 0.0852 e. The highest BCUT2D eigenvalue weighted by molar-refractivity contribution is 8.24. The average molecular weight is 395 g/mol. The van der Waals surface area contributed by atoms with E-state index in [1.54, 1.807) is 0 Å². The van der Waals surface area contributed by atoms with E-state index in [1.165, 1.54) is 35.0 Å². The van der Waals surface area contributed by atoms with Gasteiger partial charge in [0.2, 0.25) is 0 Å². The molecule has 2 aromatic rings. The number of allylic oxidation sites excluding steroid dienone is 6. The van der Waals surface area contributed by atoms with Crippen molar-refractivity contribution in [2.75, 3.05) is 0 Å². The Morgan fingerprint density at radius 2 is 1.24 bits per heavy atom. The zero-order valence-electron chi connectivity index (χ0n) is 13.2. The van der Waals surface area contributed by atoms with Crippen molar-refractivity contribution in [2.24, 2.45) is 0 Å². The Kier molecular flexibility index (Phi) is 4.38. The summed E-state index contributed by atoms with van der Waals surface area (Å²) in [6.07, 6.45) is 11.1. The molecule has 25 heavy (non-hydrogen) atoms. The van der Waals surface area contributed by atoms with Crippen molar-refractivity contribution in [3.8, 4) is 0 Å². The summed E-state index contributed by atoms with van der Waals surface area (Å²) in [7, 11) is 0. The van der Waals surface area contributed by atoms with Gasteiger partial charge in [-0.25, -0.2) is 0 Å². The topological polar surface area (TPSA) is 0 Å². The van der Waals surface area contributed by atoms with Gasteiger partial charge in [0.15, 0.2) is 0 Å². The predicted octanol–water partition coefficient (Wildman–Crippen LogP) is 7.37. The highest BCUT2D eigenvalue weighted by Crippen LogP contribution is 2.55. The standard InChI is InChI=1S/C21H14S4/c1-2-8-14(7-1)15(21-24-18-11-5-6-12-19(18)25-21)13-20-22-16-9-3-4-10-17(16)23-20/h1-13,21H. The number of hydrogen-bond donors (Lipinski definition) is 0. The van der Waals surface area contributed by atoms with E-state index in [4.69, 9.17) is 0 Å². The van der Waals surface area contributed by atoms with Gasteiger partial charge in [0.1, 0.15) is 0 Å². The summed E-state index contributed by atoms with van der Waals surface area (Å²) in [6.45, 7) is 0. The van der Waals surface area contributed by atoms with Gasteiger partial charge >= 0.3 is 0 Å².